The van der Waals surface area contributed by atoms with Crippen molar-refractivity contribution in [2.45, 2.75) is 52.2 Å². The van der Waals surface area contributed by atoms with E-state index in [4.69, 9.17) is 4.42 Å². The van der Waals surface area contributed by atoms with Crippen LogP contribution in [0.3, 0.4) is 0 Å². The van der Waals surface area contributed by atoms with Gasteiger partial charge in [-0.05, 0) is 50.8 Å². The molecule has 4 heterocycles. The third kappa shape index (κ3) is 3.89. The van der Waals surface area contributed by atoms with Gasteiger partial charge in [-0.1, -0.05) is 0 Å². The minimum atomic E-state index is -0.295. The Morgan fingerprint density at radius 3 is 2.93 bits per heavy atom. The Morgan fingerprint density at radius 2 is 2.20 bits per heavy atom. The molecule has 3 aromatic heterocycles. The summed E-state index contributed by atoms with van der Waals surface area (Å²) in [4.78, 5) is 45.5. The van der Waals surface area contributed by atoms with Crippen molar-refractivity contribution in [3.05, 3.63) is 51.3 Å². The highest BCUT2D eigenvalue weighted by Crippen LogP contribution is 2.27. The second-order valence-electron chi connectivity index (χ2n) is 7.61. The molecule has 1 aliphatic rings. The summed E-state index contributed by atoms with van der Waals surface area (Å²) < 4.78 is 6.57. The monoisotopic (exact) mass is 428 g/mol. The molecule has 0 saturated carbocycles. The van der Waals surface area contributed by atoms with Gasteiger partial charge in [0.15, 0.2) is 0 Å². The van der Waals surface area contributed by atoms with Crippen LogP contribution in [0.15, 0.2) is 33.9 Å². The maximum absolute atomic E-state index is 13.0. The molecule has 1 N–H and O–H groups in total. The van der Waals surface area contributed by atoms with Gasteiger partial charge in [0.2, 0.25) is 5.91 Å². The Hall–Kier alpha value is -2.94. The lowest BCUT2D eigenvalue weighted by Crippen LogP contribution is -2.44. The minimum Gasteiger partial charge on any atom is -0.467 e. The number of hydrogen-bond acceptors (Lipinski definition) is 6. The van der Waals surface area contributed by atoms with E-state index in [2.05, 4.69) is 10.3 Å². The van der Waals surface area contributed by atoms with E-state index in [-0.39, 0.29) is 36.5 Å². The lowest BCUT2D eigenvalue weighted by atomic mass is 10.0. The van der Waals surface area contributed by atoms with Crippen LogP contribution in [-0.2, 0) is 17.9 Å². The number of rotatable bonds is 5. The Labute approximate surface area is 177 Å². The van der Waals surface area contributed by atoms with E-state index in [9.17, 15) is 14.4 Å². The highest BCUT2D eigenvalue weighted by molar-refractivity contribution is 7.20. The number of nitrogens with one attached hydrogen (secondary N) is 1. The quantitative estimate of drug-likeness (QED) is 0.674. The van der Waals surface area contributed by atoms with Gasteiger partial charge in [-0.25, -0.2) is 4.98 Å². The molecule has 0 bridgehead atoms. The van der Waals surface area contributed by atoms with Gasteiger partial charge in [0, 0.05) is 12.6 Å². The number of thiophene rings is 1. The Balaban J connectivity index is 1.56. The van der Waals surface area contributed by atoms with Crippen LogP contribution in [0.25, 0.3) is 10.2 Å². The number of likely N-dealkylation sites (tertiary alicyclic amines) is 1. The standard InChI is InChI=1S/C21H24N4O4S/c1-13-6-3-4-8-25(13)16(26)11-24-12-23-20-17(21(24)28)14(2)18(30-20)19(27)22-10-15-7-5-9-29-15/h5,7,9,12-13H,3-4,6,8,10-11H2,1-2H3,(H,22,27). The van der Waals surface area contributed by atoms with Crippen molar-refractivity contribution in [1.82, 2.24) is 19.8 Å². The van der Waals surface area contributed by atoms with Gasteiger partial charge in [-0.3, -0.25) is 19.0 Å². The lowest BCUT2D eigenvalue weighted by molar-refractivity contribution is -0.135. The summed E-state index contributed by atoms with van der Waals surface area (Å²) in [5.74, 6) is 0.291. The first-order chi connectivity index (χ1) is 14.5. The zero-order valence-corrected chi connectivity index (χ0v) is 17.8. The van der Waals surface area contributed by atoms with Crippen molar-refractivity contribution in [3.63, 3.8) is 0 Å². The second-order valence-corrected chi connectivity index (χ2v) is 8.61. The van der Waals surface area contributed by atoms with Crippen LogP contribution in [0.1, 0.15) is 47.2 Å². The zero-order valence-electron chi connectivity index (χ0n) is 17.0. The van der Waals surface area contributed by atoms with Crippen molar-refractivity contribution >= 4 is 33.4 Å². The number of carbonyl (C=O) groups excluding carboxylic acids is 2. The smallest absolute Gasteiger partial charge is 0.262 e. The van der Waals surface area contributed by atoms with Crippen LogP contribution in [0.5, 0.6) is 0 Å². The van der Waals surface area contributed by atoms with Gasteiger partial charge >= 0.3 is 0 Å². The van der Waals surface area contributed by atoms with Gasteiger partial charge in [0.1, 0.15) is 17.1 Å². The first kappa shape index (κ1) is 20.3. The van der Waals surface area contributed by atoms with Crippen molar-refractivity contribution in [2.75, 3.05) is 6.54 Å². The van der Waals surface area contributed by atoms with Crippen molar-refractivity contribution in [1.29, 1.82) is 0 Å². The molecule has 30 heavy (non-hydrogen) atoms. The van der Waals surface area contributed by atoms with Gasteiger partial charge in [0.05, 0.1) is 29.4 Å². The molecule has 2 amide bonds. The molecule has 9 heteroatoms. The number of aryl methyl sites for hydroxylation is 1. The van der Waals surface area contributed by atoms with E-state index in [0.717, 1.165) is 25.8 Å². The third-order valence-corrected chi connectivity index (χ3v) is 6.75. The second kappa shape index (κ2) is 8.43. The zero-order chi connectivity index (χ0) is 21.3. The fourth-order valence-electron chi connectivity index (χ4n) is 3.85. The molecule has 0 aliphatic carbocycles. The molecule has 1 unspecified atom stereocenters. The molecule has 3 aromatic rings. The predicted octanol–water partition coefficient (Wildman–Crippen LogP) is 2.69. The molecule has 0 aromatic carbocycles. The first-order valence-corrected chi connectivity index (χ1v) is 10.9. The van der Waals surface area contributed by atoms with E-state index < -0.39 is 0 Å². The number of hydrogen-bond donors (Lipinski definition) is 1. The fraction of sp³-hybridized carbons (Fsp3) is 0.429. The molecule has 0 spiro atoms. The van der Waals surface area contributed by atoms with E-state index >= 15 is 0 Å². The number of amides is 2. The highest BCUT2D eigenvalue weighted by Gasteiger charge is 2.25. The number of carbonyl (C=O) groups is 2. The number of nitrogens with zero attached hydrogens (tertiary/aromatic N) is 3. The first-order valence-electron chi connectivity index (χ1n) is 10.0. The molecular formula is C21H24N4O4S. The summed E-state index contributed by atoms with van der Waals surface area (Å²) in [6.45, 7) is 4.73. The van der Waals surface area contributed by atoms with Gasteiger partial charge < -0.3 is 14.6 Å². The van der Waals surface area contributed by atoms with Gasteiger partial charge in [-0.15, -0.1) is 11.3 Å². The summed E-state index contributed by atoms with van der Waals surface area (Å²) in [6, 6.07) is 3.72. The number of piperidine rings is 1. The maximum atomic E-state index is 13.0. The average Bonchev–Trinajstić information content (AvgIpc) is 3.37. The van der Waals surface area contributed by atoms with Crippen LogP contribution in [0.4, 0.5) is 0 Å². The summed E-state index contributed by atoms with van der Waals surface area (Å²) in [7, 11) is 0. The minimum absolute atomic E-state index is 0.0403. The van der Waals surface area contributed by atoms with Crippen molar-refractivity contribution in [3.8, 4) is 0 Å². The molecule has 4 rings (SSSR count). The van der Waals surface area contributed by atoms with Crippen LogP contribution in [-0.4, -0.2) is 38.9 Å². The van der Waals surface area contributed by atoms with Crippen molar-refractivity contribution < 1.29 is 14.0 Å². The normalized spacial score (nSPS) is 16.7. The number of aromatic nitrogens is 2. The Morgan fingerprint density at radius 1 is 1.37 bits per heavy atom. The average molecular weight is 429 g/mol. The van der Waals surface area contributed by atoms with Crippen LogP contribution >= 0.6 is 11.3 Å². The van der Waals surface area contributed by atoms with E-state index in [1.54, 1.807) is 25.3 Å². The van der Waals surface area contributed by atoms with Crippen LogP contribution in [0, 0.1) is 6.92 Å². The largest absolute Gasteiger partial charge is 0.467 e. The summed E-state index contributed by atoms with van der Waals surface area (Å²) in [6.07, 6.45) is 6.04. The molecule has 158 valence electrons. The van der Waals surface area contributed by atoms with E-state index in [1.165, 1.54) is 22.2 Å². The van der Waals surface area contributed by atoms with Gasteiger partial charge in [-0.2, -0.15) is 0 Å². The molecule has 8 nitrogen and oxygen atoms in total. The molecule has 1 aliphatic heterocycles. The number of furan rings is 1. The predicted molar refractivity (Wildman–Crippen MR) is 114 cm³/mol. The van der Waals surface area contributed by atoms with E-state index in [1.807, 2.05) is 11.8 Å². The summed E-state index contributed by atoms with van der Waals surface area (Å²) in [5.41, 5.74) is 0.287. The van der Waals surface area contributed by atoms with Crippen LogP contribution in [0.2, 0.25) is 0 Å². The molecule has 0 radical (unpaired) electrons. The molecule has 1 atom stereocenters. The van der Waals surface area contributed by atoms with Gasteiger partial charge in [0.25, 0.3) is 11.5 Å². The van der Waals surface area contributed by atoms with E-state index in [0.29, 0.717) is 26.4 Å². The van der Waals surface area contributed by atoms with Crippen LogP contribution < -0.4 is 10.9 Å². The fourth-order valence-corrected chi connectivity index (χ4v) is 4.91. The lowest BCUT2D eigenvalue weighted by Gasteiger charge is -2.33. The highest BCUT2D eigenvalue weighted by atomic mass is 32.1. The molecular weight excluding hydrogens is 404 g/mol. The topological polar surface area (TPSA) is 97.4 Å². The SMILES string of the molecule is Cc1c(C(=O)NCc2ccco2)sc2ncn(CC(=O)N3CCCCC3C)c(=O)c12. The molecule has 1 saturated heterocycles. The Bertz CT molecular complexity index is 1130. The summed E-state index contributed by atoms with van der Waals surface area (Å²) >= 11 is 1.18. The third-order valence-electron chi connectivity index (χ3n) is 5.56. The summed E-state index contributed by atoms with van der Waals surface area (Å²) in [5, 5.41) is 3.19. The molecule has 1 fully saturated rings. The van der Waals surface area contributed by atoms with Crippen molar-refractivity contribution in [2.24, 2.45) is 0 Å². The number of fused-ring (bicyclic) bond motifs is 1. The Kier molecular flexibility index (Phi) is 5.72. The maximum Gasteiger partial charge on any atom is 0.262 e.